The first-order valence-electron chi connectivity index (χ1n) is 4.74. The van der Waals surface area contributed by atoms with Crippen molar-refractivity contribution in [1.29, 1.82) is 0 Å². The molecule has 0 radical (unpaired) electrons. The van der Waals surface area contributed by atoms with Gasteiger partial charge in [-0.25, -0.2) is 4.98 Å². The van der Waals surface area contributed by atoms with Gasteiger partial charge in [0.05, 0.1) is 12.0 Å². The molecule has 0 aliphatic heterocycles. The standard InChI is InChI=1S/C11H11BrN2OS/c1-15-8-4-2-7(3-5-8)10-11(12)14-9(6-13)16-10/h2-5H,6,13H2,1H3. The van der Waals surface area contributed by atoms with E-state index < -0.39 is 0 Å². The second kappa shape index (κ2) is 4.95. The molecule has 0 saturated heterocycles. The Hall–Kier alpha value is -0.910. The van der Waals surface area contributed by atoms with Crippen LogP contribution in [0.25, 0.3) is 10.4 Å². The summed E-state index contributed by atoms with van der Waals surface area (Å²) in [4.78, 5) is 5.43. The quantitative estimate of drug-likeness (QED) is 0.947. The molecular formula is C11H11BrN2OS. The molecule has 84 valence electrons. The molecular weight excluding hydrogens is 288 g/mol. The Kier molecular flexibility index (Phi) is 3.58. The minimum absolute atomic E-state index is 0.472. The zero-order valence-corrected chi connectivity index (χ0v) is 11.1. The summed E-state index contributed by atoms with van der Waals surface area (Å²) in [7, 11) is 1.66. The van der Waals surface area contributed by atoms with Crippen LogP contribution in [-0.2, 0) is 6.54 Å². The average Bonchev–Trinajstić information content (AvgIpc) is 2.71. The molecule has 1 aromatic heterocycles. The normalized spacial score (nSPS) is 10.4. The Morgan fingerprint density at radius 2 is 2.06 bits per heavy atom. The first-order chi connectivity index (χ1) is 7.74. The monoisotopic (exact) mass is 298 g/mol. The molecule has 5 heteroatoms. The van der Waals surface area contributed by atoms with Gasteiger partial charge in [0, 0.05) is 6.54 Å². The summed E-state index contributed by atoms with van der Waals surface area (Å²) in [6.07, 6.45) is 0. The van der Waals surface area contributed by atoms with Gasteiger partial charge in [-0.15, -0.1) is 11.3 Å². The summed E-state index contributed by atoms with van der Waals surface area (Å²) < 4.78 is 5.97. The highest BCUT2D eigenvalue weighted by molar-refractivity contribution is 9.10. The van der Waals surface area contributed by atoms with Crippen LogP contribution in [0.3, 0.4) is 0 Å². The van der Waals surface area contributed by atoms with Gasteiger partial charge in [0.2, 0.25) is 0 Å². The Bertz CT molecular complexity index is 481. The maximum absolute atomic E-state index is 5.56. The molecule has 2 N–H and O–H groups in total. The number of thiazole rings is 1. The number of hydrogen-bond donors (Lipinski definition) is 1. The number of halogens is 1. The van der Waals surface area contributed by atoms with Gasteiger partial charge in [-0.1, -0.05) is 0 Å². The molecule has 0 aliphatic rings. The topological polar surface area (TPSA) is 48.1 Å². The fourth-order valence-corrected chi connectivity index (χ4v) is 2.99. The van der Waals surface area contributed by atoms with E-state index in [2.05, 4.69) is 20.9 Å². The van der Waals surface area contributed by atoms with E-state index in [1.807, 2.05) is 24.3 Å². The van der Waals surface area contributed by atoms with Crippen LogP contribution in [0.2, 0.25) is 0 Å². The highest BCUT2D eigenvalue weighted by Gasteiger charge is 2.09. The van der Waals surface area contributed by atoms with Crippen molar-refractivity contribution < 1.29 is 4.74 Å². The van der Waals surface area contributed by atoms with Crippen molar-refractivity contribution in [2.45, 2.75) is 6.54 Å². The van der Waals surface area contributed by atoms with Crippen LogP contribution in [0.4, 0.5) is 0 Å². The number of aromatic nitrogens is 1. The third-order valence-electron chi connectivity index (χ3n) is 2.16. The molecule has 0 unspecified atom stereocenters. The third kappa shape index (κ3) is 2.26. The van der Waals surface area contributed by atoms with E-state index in [0.717, 1.165) is 25.8 Å². The SMILES string of the molecule is COc1ccc(-c2sc(CN)nc2Br)cc1. The van der Waals surface area contributed by atoms with Crippen molar-refractivity contribution in [1.82, 2.24) is 4.98 Å². The number of methoxy groups -OCH3 is 1. The smallest absolute Gasteiger partial charge is 0.125 e. The number of ether oxygens (including phenoxy) is 1. The minimum atomic E-state index is 0.472. The fraction of sp³-hybridized carbons (Fsp3) is 0.182. The number of nitrogens with zero attached hydrogens (tertiary/aromatic N) is 1. The predicted molar refractivity (Wildman–Crippen MR) is 69.7 cm³/mol. The van der Waals surface area contributed by atoms with Crippen LogP contribution in [0.5, 0.6) is 5.75 Å². The Morgan fingerprint density at radius 1 is 1.38 bits per heavy atom. The number of benzene rings is 1. The molecule has 0 saturated carbocycles. The lowest BCUT2D eigenvalue weighted by Crippen LogP contribution is -1.93. The summed E-state index contributed by atoms with van der Waals surface area (Å²) in [5.41, 5.74) is 6.68. The van der Waals surface area contributed by atoms with Crippen LogP contribution in [0.1, 0.15) is 5.01 Å². The Morgan fingerprint density at radius 3 is 2.56 bits per heavy atom. The van der Waals surface area contributed by atoms with E-state index >= 15 is 0 Å². The van der Waals surface area contributed by atoms with Crippen molar-refractivity contribution >= 4 is 27.3 Å². The number of hydrogen-bond acceptors (Lipinski definition) is 4. The molecule has 0 amide bonds. The maximum Gasteiger partial charge on any atom is 0.125 e. The Balaban J connectivity index is 2.38. The second-order valence-corrected chi connectivity index (χ2v) is 4.99. The van der Waals surface area contributed by atoms with Crippen molar-refractivity contribution in [3.63, 3.8) is 0 Å². The molecule has 16 heavy (non-hydrogen) atoms. The molecule has 0 bridgehead atoms. The van der Waals surface area contributed by atoms with E-state index in [0.29, 0.717) is 6.54 Å². The van der Waals surface area contributed by atoms with Crippen LogP contribution in [-0.4, -0.2) is 12.1 Å². The number of rotatable bonds is 3. The molecule has 3 nitrogen and oxygen atoms in total. The van der Waals surface area contributed by atoms with Crippen LogP contribution in [0.15, 0.2) is 28.9 Å². The largest absolute Gasteiger partial charge is 0.497 e. The fourth-order valence-electron chi connectivity index (χ4n) is 1.35. The summed E-state index contributed by atoms with van der Waals surface area (Å²) >= 11 is 5.04. The summed E-state index contributed by atoms with van der Waals surface area (Å²) in [5.74, 6) is 0.850. The predicted octanol–water partition coefficient (Wildman–Crippen LogP) is 3.04. The van der Waals surface area contributed by atoms with E-state index in [1.54, 1.807) is 18.4 Å². The van der Waals surface area contributed by atoms with E-state index in [9.17, 15) is 0 Å². The lowest BCUT2D eigenvalue weighted by Gasteiger charge is -2.01. The Labute approximate surface area is 106 Å². The second-order valence-electron chi connectivity index (χ2n) is 3.16. The third-order valence-corrected chi connectivity index (χ3v) is 4.12. The molecule has 0 spiro atoms. The minimum Gasteiger partial charge on any atom is -0.497 e. The lowest BCUT2D eigenvalue weighted by atomic mass is 10.2. The molecule has 0 fully saturated rings. The van der Waals surface area contributed by atoms with Crippen LogP contribution in [0, 0.1) is 0 Å². The van der Waals surface area contributed by atoms with Crippen LogP contribution < -0.4 is 10.5 Å². The summed E-state index contributed by atoms with van der Waals surface area (Å²) in [6, 6.07) is 7.89. The average molecular weight is 299 g/mol. The molecule has 0 atom stereocenters. The van der Waals surface area contributed by atoms with Gasteiger partial charge in [-0.2, -0.15) is 0 Å². The van der Waals surface area contributed by atoms with Crippen molar-refractivity contribution in [3.05, 3.63) is 33.9 Å². The van der Waals surface area contributed by atoms with E-state index in [-0.39, 0.29) is 0 Å². The van der Waals surface area contributed by atoms with Gasteiger partial charge >= 0.3 is 0 Å². The van der Waals surface area contributed by atoms with Gasteiger partial charge in [-0.05, 0) is 45.8 Å². The lowest BCUT2D eigenvalue weighted by molar-refractivity contribution is 0.415. The van der Waals surface area contributed by atoms with E-state index in [1.165, 1.54) is 0 Å². The van der Waals surface area contributed by atoms with Gasteiger partial charge in [0.1, 0.15) is 15.4 Å². The van der Waals surface area contributed by atoms with Crippen molar-refractivity contribution in [3.8, 4) is 16.2 Å². The van der Waals surface area contributed by atoms with Gasteiger partial charge in [-0.3, -0.25) is 0 Å². The molecule has 2 rings (SSSR count). The van der Waals surface area contributed by atoms with Gasteiger partial charge in [0.25, 0.3) is 0 Å². The molecule has 1 heterocycles. The van der Waals surface area contributed by atoms with Crippen molar-refractivity contribution in [2.24, 2.45) is 5.73 Å². The number of nitrogens with two attached hydrogens (primary N) is 1. The first-order valence-corrected chi connectivity index (χ1v) is 6.35. The highest BCUT2D eigenvalue weighted by atomic mass is 79.9. The van der Waals surface area contributed by atoms with Gasteiger partial charge in [0.15, 0.2) is 0 Å². The first kappa shape index (κ1) is 11.6. The van der Waals surface area contributed by atoms with E-state index in [4.69, 9.17) is 10.5 Å². The zero-order valence-electron chi connectivity index (χ0n) is 8.74. The zero-order chi connectivity index (χ0) is 11.5. The van der Waals surface area contributed by atoms with Crippen LogP contribution >= 0.6 is 27.3 Å². The van der Waals surface area contributed by atoms with Crippen molar-refractivity contribution in [2.75, 3.05) is 7.11 Å². The maximum atomic E-state index is 5.56. The molecule has 1 aromatic carbocycles. The molecule has 2 aromatic rings. The highest BCUT2D eigenvalue weighted by Crippen LogP contribution is 2.34. The molecule has 0 aliphatic carbocycles. The summed E-state index contributed by atoms with van der Waals surface area (Å²) in [6.45, 7) is 0.472. The summed E-state index contributed by atoms with van der Waals surface area (Å²) in [5, 5.41) is 0.928. The van der Waals surface area contributed by atoms with Gasteiger partial charge < -0.3 is 10.5 Å².